The Bertz CT molecular complexity index is 423. The molecule has 1 heterocycles. The number of hydrogen-bond acceptors (Lipinski definition) is 2. The molecule has 2 nitrogen and oxygen atoms in total. The van der Waals surface area contributed by atoms with Crippen LogP contribution in [0.25, 0.3) is 0 Å². The molecule has 2 N–H and O–H groups in total. The van der Waals surface area contributed by atoms with Crippen molar-refractivity contribution in [3.8, 4) is 0 Å². The molecule has 1 aliphatic rings. The molecular formula is C15H23FN2. The van der Waals surface area contributed by atoms with Crippen molar-refractivity contribution in [3.63, 3.8) is 0 Å². The molecule has 0 bridgehead atoms. The Morgan fingerprint density at radius 1 is 1.28 bits per heavy atom. The SMILES string of the molecule is Cc1ccc(F)c(C(N)C(C)(C)N2CCCC2)c1. The largest absolute Gasteiger partial charge is 0.322 e. The van der Waals surface area contributed by atoms with Crippen molar-refractivity contribution in [1.29, 1.82) is 0 Å². The molecule has 1 atom stereocenters. The highest BCUT2D eigenvalue weighted by Crippen LogP contribution is 2.33. The van der Waals surface area contributed by atoms with E-state index in [0.29, 0.717) is 5.56 Å². The summed E-state index contributed by atoms with van der Waals surface area (Å²) in [5, 5.41) is 0. The zero-order chi connectivity index (χ0) is 13.3. The van der Waals surface area contributed by atoms with Gasteiger partial charge in [-0.3, -0.25) is 4.90 Å². The number of nitrogens with two attached hydrogens (primary N) is 1. The van der Waals surface area contributed by atoms with Gasteiger partial charge in [0.15, 0.2) is 0 Å². The minimum Gasteiger partial charge on any atom is -0.322 e. The van der Waals surface area contributed by atoms with Crippen LogP contribution in [0.5, 0.6) is 0 Å². The van der Waals surface area contributed by atoms with Crippen LogP contribution in [0, 0.1) is 12.7 Å². The van der Waals surface area contributed by atoms with Crippen LogP contribution in [0.1, 0.15) is 43.9 Å². The molecule has 100 valence electrons. The third-order valence-electron chi connectivity index (χ3n) is 4.17. The lowest BCUT2D eigenvalue weighted by Crippen LogP contribution is -2.50. The van der Waals surface area contributed by atoms with Gasteiger partial charge in [-0.1, -0.05) is 17.7 Å². The maximum absolute atomic E-state index is 13.9. The fraction of sp³-hybridized carbons (Fsp3) is 0.600. The molecular weight excluding hydrogens is 227 g/mol. The van der Waals surface area contributed by atoms with Crippen molar-refractivity contribution in [1.82, 2.24) is 4.90 Å². The third-order valence-corrected chi connectivity index (χ3v) is 4.17. The molecule has 0 spiro atoms. The molecule has 0 aromatic heterocycles. The first-order valence-corrected chi connectivity index (χ1v) is 6.69. The highest BCUT2D eigenvalue weighted by atomic mass is 19.1. The molecule has 1 aromatic rings. The average molecular weight is 250 g/mol. The smallest absolute Gasteiger partial charge is 0.128 e. The number of likely N-dealkylation sites (tertiary alicyclic amines) is 1. The van der Waals surface area contributed by atoms with Gasteiger partial charge in [-0.15, -0.1) is 0 Å². The number of benzene rings is 1. The Morgan fingerprint density at radius 3 is 2.50 bits per heavy atom. The van der Waals surface area contributed by atoms with Gasteiger partial charge in [-0.05, 0) is 52.8 Å². The van der Waals surface area contributed by atoms with Crippen molar-refractivity contribution < 1.29 is 4.39 Å². The van der Waals surface area contributed by atoms with Crippen molar-refractivity contribution in [2.45, 2.75) is 45.2 Å². The molecule has 0 amide bonds. The number of rotatable bonds is 3. The van der Waals surface area contributed by atoms with Gasteiger partial charge in [0.25, 0.3) is 0 Å². The second kappa shape index (κ2) is 4.98. The molecule has 1 aliphatic heterocycles. The monoisotopic (exact) mass is 250 g/mol. The zero-order valence-electron chi connectivity index (χ0n) is 11.5. The molecule has 0 radical (unpaired) electrons. The van der Waals surface area contributed by atoms with E-state index in [9.17, 15) is 4.39 Å². The fourth-order valence-corrected chi connectivity index (χ4v) is 2.77. The Labute approximate surface area is 109 Å². The first-order valence-electron chi connectivity index (χ1n) is 6.69. The van der Waals surface area contributed by atoms with Crippen LogP contribution >= 0.6 is 0 Å². The lowest BCUT2D eigenvalue weighted by molar-refractivity contribution is 0.122. The number of halogens is 1. The first-order chi connectivity index (χ1) is 8.43. The maximum Gasteiger partial charge on any atom is 0.128 e. The lowest BCUT2D eigenvalue weighted by Gasteiger charge is -2.40. The molecule has 1 unspecified atom stereocenters. The molecule has 1 saturated heterocycles. The quantitative estimate of drug-likeness (QED) is 0.893. The predicted octanol–water partition coefficient (Wildman–Crippen LogP) is 3.01. The highest BCUT2D eigenvalue weighted by molar-refractivity contribution is 5.29. The maximum atomic E-state index is 13.9. The van der Waals surface area contributed by atoms with E-state index >= 15 is 0 Å². The van der Waals surface area contributed by atoms with Gasteiger partial charge < -0.3 is 5.73 Å². The van der Waals surface area contributed by atoms with Crippen LogP contribution < -0.4 is 5.73 Å². The highest BCUT2D eigenvalue weighted by Gasteiger charge is 2.36. The standard InChI is InChI=1S/C15H23FN2/c1-11-6-7-13(16)12(10-11)14(17)15(2,3)18-8-4-5-9-18/h6-7,10,14H,4-5,8-9,17H2,1-3H3. The van der Waals surface area contributed by atoms with Crippen molar-refractivity contribution in [3.05, 3.63) is 35.1 Å². The van der Waals surface area contributed by atoms with Gasteiger partial charge in [0, 0.05) is 11.1 Å². The third kappa shape index (κ3) is 2.43. The Kier molecular flexibility index (Phi) is 3.74. The van der Waals surface area contributed by atoms with Crippen molar-refractivity contribution in [2.24, 2.45) is 5.73 Å². The molecule has 0 saturated carbocycles. The van der Waals surface area contributed by atoms with Crippen LogP contribution in [0.4, 0.5) is 4.39 Å². The van der Waals surface area contributed by atoms with Gasteiger partial charge in [-0.25, -0.2) is 4.39 Å². The number of aryl methyl sites for hydroxylation is 1. The van der Waals surface area contributed by atoms with Crippen LogP contribution in [0.2, 0.25) is 0 Å². The Hall–Kier alpha value is -0.930. The summed E-state index contributed by atoms with van der Waals surface area (Å²) in [6, 6.07) is 4.88. The summed E-state index contributed by atoms with van der Waals surface area (Å²) < 4.78 is 13.9. The molecule has 1 aromatic carbocycles. The lowest BCUT2D eigenvalue weighted by atomic mass is 9.87. The van der Waals surface area contributed by atoms with E-state index in [2.05, 4.69) is 18.7 Å². The van der Waals surface area contributed by atoms with Gasteiger partial charge in [0.2, 0.25) is 0 Å². The zero-order valence-corrected chi connectivity index (χ0v) is 11.5. The van der Waals surface area contributed by atoms with E-state index in [1.165, 1.54) is 18.9 Å². The summed E-state index contributed by atoms with van der Waals surface area (Å²) in [6.07, 6.45) is 2.43. The van der Waals surface area contributed by atoms with E-state index in [1.54, 1.807) is 6.07 Å². The second-order valence-corrected chi connectivity index (χ2v) is 5.85. The van der Waals surface area contributed by atoms with Crippen molar-refractivity contribution >= 4 is 0 Å². The molecule has 1 fully saturated rings. The Morgan fingerprint density at radius 2 is 1.89 bits per heavy atom. The van der Waals surface area contributed by atoms with E-state index in [1.807, 2.05) is 13.0 Å². The van der Waals surface area contributed by atoms with Crippen LogP contribution in [0.3, 0.4) is 0 Å². The van der Waals surface area contributed by atoms with Gasteiger partial charge in [0.1, 0.15) is 5.82 Å². The van der Waals surface area contributed by atoms with E-state index in [-0.39, 0.29) is 17.4 Å². The number of hydrogen-bond donors (Lipinski definition) is 1. The average Bonchev–Trinajstić information content (AvgIpc) is 2.85. The minimum absolute atomic E-state index is 0.194. The summed E-state index contributed by atoms with van der Waals surface area (Å²) >= 11 is 0. The molecule has 3 heteroatoms. The van der Waals surface area contributed by atoms with Crippen LogP contribution in [-0.4, -0.2) is 23.5 Å². The summed E-state index contributed by atoms with van der Waals surface area (Å²) in [4.78, 5) is 2.37. The summed E-state index contributed by atoms with van der Waals surface area (Å²) in [5.74, 6) is -0.194. The summed E-state index contributed by atoms with van der Waals surface area (Å²) in [5.41, 5.74) is 7.82. The number of nitrogens with zero attached hydrogens (tertiary/aromatic N) is 1. The van der Waals surface area contributed by atoms with Crippen LogP contribution in [-0.2, 0) is 0 Å². The minimum atomic E-state index is -0.296. The van der Waals surface area contributed by atoms with E-state index in [4.69, 9.17) is 5.73 Å². The second-order valence-electron chi connectivity index (χ2n) is 5.85. The Balaban J connectivity index is 2.28. The summed E-state index contributed by atoms with van der Waals surface area (Å²) in [6.45, 7) is 8.33. The van der Waals surface area contributed by atoms with Gasteiger partial charge >= 0.3 is 0 Å². The predicted molar refractivity (Wildman–Crippen MR) is 73.0 cm³/mol. The summed E-state index contributed by atoms with van der Waals surface area (Å²) in [7, 11) is 0. The van der Waals surface area contributed by atoms with Crippen LogP contribution in [0.15, 0.2) is 18.2 Å². The van der Waals surface area contributed by atoms with E-state index < -0.39 is 0 Å². The molecule has 18 heavy (non-hydrogen) atoms. The molecule has 0 aliphatic carbocycles. The van der Waals surface area contributed by atoms with Gasteiger partial charge in [0.05, 0.1) is 6.04 Å². The van der Waals surface area contributed by atoms with E-state index in [0.717, 1.165) is 18.7 Å². The van der Waals surface area contributed by atoms with Gasteiger partial charge in [-0.2, -0.15) is 0 Å². The fourth-order valence-electron chi connectivity index (χ4n) is 2.77. The van der Waals surface area contributed by atoms with Crippen molar-refractivity contribution in [2.75, 3.05) is 13.1 Å². The molecule has 2 rings (SSSR count). The normalized spacial score (nSPS) is 19.2. The first kappa shape index (κ1) is 13.5. The topological polar surface area (TPSA) is 29.3 Å².